The van der Waals surface area contributed by atoms with Crippen LogP contribution in [0.2, 0.25) is 0 Å². The maximum Gasteiger partial charge on any atom is 0.307 e. The van der Waals surface area contributed by atoms with E-state index in [2.05, 4.69) is 15.9 Å². The molecule has 0 saturated heterocycles. The first-order valence-corrected chi connectivity index (χ1v) is 5.43. The normalized spacial score (nSPS) is 12.2. The summed E-state index contributed by atoms with van der Waals surface area (Å²) >= 11 is 3.34. The van der Waals surface area contributed by atoms with Gasteiger partial charge in [-0.2, -0.15) is 0 Å². The number of ether oxygens (including phenoxy) is 1. The number of hydrogen-bond acceptors (Lipinski definition) is 2. The Morgan fingerprint density at radius 1 is 1.60 bits per heavy atom. The topological polar surface area (TPSA) is 46.5 Å². The Hall–Kier alpha value is -1.03. The zero-order valence-corrected chi connectivity index (χ0v) is 10.2. The smallest absolute Gasteiger partial charge is 0.307 e. The summed E-state index contributed by atoms with van der Waals surface area (Å²) in [5.41, 5.74) is 0.996. The summed E-state index contributed by atoms with van der Waals surface area (Å²) in [6.07, 6.45) is -0.318. The number of halogens is 1. The molecule has 0 aliphatic rings. The van der Waals surface area contributed by atoms with Crippen molar-refractivity contribution in [2.45, 2.75) is 26.4 Å². The van der Waals surface area contributed by atoms with Crippen molar-refractivity contribution in [1.82, 2.24) is 0 Å². The van der Waals surface area contributed by atoms with Gasteiger partial charge < -0.3 is 9.84 Å². The predicted octanol–water partition coefficient (Wildman–Crippen LogP) is 3.00. The predicted molar refractivity (Wildman–Crippen MR) is 61.2 cm³/mol. The van der Waals surface area contributed by atoms with Crippen LogP contribution in [0.15, 0.2) is 22.7 Å². The van der Waals surface area contributed by atoms with E-state index in [9.17, 15) is 4.79 Å². The van der Waals surface area contributed by atoms with Gasteiger partial charge in [-0.1, -0.05) is 22.0 Å². The molecule has 1 aromatic rings. The second kappa shape index (κ2) is 5.16. The van der Waals surface area contributed by atoms with Gasteiger partial charge in [-0.3, -0.25) is 4.79 Å². The van der Waals surface area contributed by atoms with Gasteiger partial charge in [0.05, 0.1) is 6.42 Å². The summed E-state index contributed by atoms with van der Waals surface area (Å²) in [4.78, 5) is 10.5. The highest BCUT2D eigenvalue weighted by molar-refractivity contribution is 9.10. The molecule has 0 saturated carbocycles. The number of carbonyl (C=O) groups is 1. The second-order valence-electron chi connectivity index (χ2n) is 3.44. The molecular formula is C11H13BrO3. The second-order valence-corrected chi connectivity index (χ2v) is 4.35. The van der Waals surface area contributed by atoms with Crippen molar-refractivity contribution in [2.24, 2.45) is 0 Å². The van der Waals surface area contributed by atoms with Crippen LogP contribution in [0.1, 0.15) is 18.9 Å². The first-order chi connectivity index (χ1) is 6.99. The van der Waals surface area contributed by atoms with E-state index < -0.39 is 5.97 Å². The maximum absolute atomic E-state index is 10.5. The highest BCUT2D eigenvalue weighted by Gasteiger charge is 2.10. The zero-order valence-electron chi connectivity index (χ0n) is 8.66. The first-order valence-electron chi connectivity index (χ1n) is 4.63. The Morgan fingerprint density at radius 3 is 2.87 bits per heavy atom. The quantitative estimate of drug-likeness (QED) is 0.917. The van der Waals surface area contributed by atoms with E-state index in [1.165, 1.54) is 0 Å². The fourth-order valence-corrected chi connectivity index (χ4v) is 1.55. The average molecular weight is 273 g/mol. The Bertz CT molecular complexity index is 363. The number of carboxylic acids is 1. The van der Waals surface area contributed by atoms with Gasteiger partial charge >= 0.3 is 5.97 Å². The molecule has 1 atom stereocenters. The SMILES string of the molecule is Cc1ccc(Br)cc1O[C@@H](C)CC(=O)O. The van der Waals surface area contributed by atoms with Gasteiger partial charge in [-0.05, 0) is 31.5 Å². The minimum atomic E-state index is -0.852. The van der Waals surface area contributed by atoms with Crippen LogP contribution in [0, 0.1) is 6.92 Å². The minimum Gasteiger partial charge on any atom is -0.490 e. The van der Waals surface area contributed by atoms with Crippen LogP contribution in [0.3, 0.4) is 0 Å². The first kappa shape index (κ1) is 12.0. The van der Waals surface area contributed by atoms with Crippen molar-refractivity contribution >= 4 is 21.9 Å². The van der Waals surface area contributed by atoms with Crippen molar-refractivity contribution in [3.63, 3.8) is 0 Å². The summed E-state index contributed by atoms with van der Waals surface area (Å²) in [6.45, 7) is 3.67. The number of aliphatic carboxylic acids is 1. The molecule has 0 aliphatic heterocycles. The molecule has 1 rings (SSSR count). The molecule has 0 heterocycles. The lowest BCUT2D eigenvalue weighted by atomic mass is 10.2. The van der Waals surface area contributed by atoms with Crippen LogP contribution in [0.25, 0.3) is 0 Å². The fourth-order valence-electron chi connectivity index (χ4n) is 1.21. The number of aryl methyl sites for hydroxylation is 1. The van der Waals surface area contributed by atoms with E-state index in [0.29, 0.717) is 0 Å². The van der Waals surface area contributed by atoms with Crippen LogP contribution in [-0.4, -0.2) is 17.2 Å². The number of hydrogen-bond donors (Lipinski definition) is 1. The Labute approximate surface area is 97.2 Å². The summed E-state index contributed by atoms with van der Waals surface area (Å²) in [5, 5.41) is 8.60. The van der Waals surface area contributed by atoms with Gasteiger partial charge in [0.2, 0.25) is 0 Å². The third-order valence-electron chi connectivity index (χ3n) is 1.94. The lowest BCUT2D eigenvalue weighted by Crippen LogP contribution is -2.17. The third-order valence-corrected chi connectivity index (χ3v) is 2.43. The molecular weight excluding hydrogens is 260 g/mol. The van der Waals surface area contributed by atoms with Crippen molar-refractivity contribution < 1.29 is 14.6 Å². The molecule has 15 heavy (non-hydrogen) atoms. The number of carboxylic acid groups (broad SMARTS) is 1. The molecule has 1 N–H and O–H groups in total. The van der Waals surface area contributed by atoms with E-state index in [4.69, 9.17) is 9.84 Å². The lowest BCUT2D eigenvalue weighted by Gasteiger charge is -2.14. The molecule has 4 heteroatoms. The Morgan fingerprint density at radius 2 is 2.27 bits per heavy atom. The van der Waals surface area contributed by atoms with Gasteiger partial charge in [0.1, 0.15) is 11.9 Å². The van der Waals surface area contributed by atoms with Crippen LogP contribution in [0.5, 0.6) is 5.75 Å². The summed E-state index contributed by atoms with van der Waals surface area (Å²) < 4.78 is 6.45. The molecule has 0 bridgehead atoms. The minimum absolute atomic E-state index is 0.00591. The standard InChI is InChI=1S/C11H13BrO3/c1-7-3-4-9(12)6-10(7)15-8(2)5-11(13)14/h3-4,6,8H,5H2,1-2H3,(H,13,14)/t8-/m0/s1. The van der Waals surface area contributed by atoms with Crippen LogP contribution in [0.4, 0.5) is 0 Å². The van der Waals surface area contributed by atoms with Gasteiger partial charge in [0.25, 0.3) is 0 Å². The highest BCUT2D eigenvalue weighted by Crippen LogP contribution is 2.24. The molecule has 0 spiro atoms. The van der Waals surface area contributed by atoms with Gasteiger partial charge in [0, 0.05) is 4.47 Å². The van der Waals surface area contributed by atoms with Gasteiger partial charge in [-0.25, -0.2) is 0 Å². The zero-order chi connectivity index (χ0) is 11.4. The molecule has 0 amide bonds. The van der Waals surface area contributed by atoms with Crippen molar-refractivity contribution in [1.29, 1.82) is 0 Å². The largest absolute Gasteiger partial charge is 0.490 e. The van der Waals surface area contributed by atoms with E-state index in [1.54, 1.807) is 6.92 Å². The third kappa shape index (κ3) is 3.91. The Balaban J connectivity index is 2.71. The molecule has 0 unspecified atom stereocenters. The summed E-state index contributed by atoms with van der Waals surface area (Å²) in [5.74, 6) is -0.131. The van der Waals surface area contributed by atoms with Crippen molar-refractivity contribution in [2.75, 3.05) is 0 Å². The van der Waals surface area contributed by atoms with Gasteiger partial charge in [-0.15, -0.1) is 0 Å². The monoisotopic (exact) mass is 272 g/mol. The number of benzene rings is 1. The maximum atomic E-state index is 10.5. The van der Waals surface area contributed by atoms with Crippen LogP contribution < -0.4 is 4.74 Å². The molecule has 82 valence electrons. The van der Waals surface area contributed by atoms with Crippen LogP contribution >= 0.6 is 15.9 Å². The van der Waals surface area contributed by atoms with E-state index in [-0.39, 0.29) is 12.5 Å². The molecule has 0 aromatic heterocycles. The van der Waals surface area contributed by atoms with Crippen molar-refractivity contribution in [3.8, 4) is 5.75 Å². The average Bonchev–Trinajstić information content (AvgIpc) is 2.10. The van der Waals surface area contributed by atoms with Crippen LogP contribution in [-0.2, 0) is 4.79 Å². The molecule has 0 radical (unpaired) electrons. The van der Waals surface area contributed by atoms with Crippen molar-refractivity contribution in [3.05, 3.63) is 28.2 Å². The summed E-state index contributed by atoms with van der Waals surface area (Å²) in [6, 6.07) is 5.69. The summed E-state index contributed by atoms with van der Waals surface area (Å²) in [7, 11) is 0. The molecule has 3 nitrogen and oxygen atoms in total. The highest BCUT2D eigenvalue weighted by atomic mass is 79.9. The fraction of sp³-hybridized carbons (Fsp3) is 0.364. The van der Waals surface area contributed by atoms with E-state index in [0.717, 1.165) is 15.8 Å². The lowest BCUT2D eigenvalue weighted by molar-refractivity contribution is -0.138. The Kier molecular flexibility index (Phi) is 4.15. The molecule has 0 fully saturated rings. The molecule has 0 aliphatic carbocycles. The van der Waals surface area contributed by atoms with Gasteiger partial charge in [0.15, 0.2) is 0 Å². The van der Waals surface area contributed by atoms with E-state index in [1.807, 2.05) is 25.1 Å². The number of rotatable bonds is 4. The van der Waals surface area contributed by atoms with E-state index >= 15 is 0 Å². The molecule has 1 aromatic carbocycles.